The molecule has 0 radical (unpaired) electrons. The number of ether oxygens (including phenoxy) is 1. The van der Waals surface area contributed by atoms with Gasteiger partial charge >= 0.3 is 6.18 Å². The number of thiophene rings is 1. The van der Waals surface area contributed by atoms with Crippen molar-refractivity contribution in [2.24, 2.45) is 0 Å². The number of aromatic nitrogens is 1. The summed E-state index contributed by atoms with van der Waals surface area (Å²) in [6, 6.07) is 10.2. The topological polar surface area (TPSA) is 68.3 Å². The van der Waals surface area contributed by atoms with E-state index in [4.69, 9.17) is 16.3 Å². The molecule has 0 atom stereocenters. The van der Waals surface area contributed by atoms with Gasteiger partial charge in [-0.15, -0.1) is 11.3 Å². The van der Waals surface area contributed by atoms with E-state index in [0.29, 0.717) is 22.5 Å². The van der Waals surface area contributed by atoms with Gasteiger partial charge in [0, 0.05) is 23.6 Å². The first-order valence-electron chi connectivity index (χ1n) is 8.06. The molecule has 0 spiro atoms. The van der Waals surface area contributed by atoms with Crippen molar-refractivity contribution in [3.05, 3.63) is 69.8 Å². The highest BCUT2D eigenvalue weighted by Crippen LogP contribution is 2.32. The van der Waals surface area contributed by atoms with Crippen LogP contribution < -0.4 is 9.46 Å². The zero-order valence-electron chi connectivity index (χ0n) is 14.8. The van der Waals surface area contributed by atoms with Crippen LogP contribution in [0.3, 0.4) is 0 Å². The van der Waals surface area contributed by atoms with Gasteiger partial charge in [-0.25, -0.2) is 8.42 Å². The maximum absolute atomic E-state index is 12.7. The third-order valence-corrected chi connectivity index (χ3v) is 7.10. The highest BCUT2D eigenvalue weighted by atomic mass is 35.5. The predicted octanol–water partition coefficient (Wildman–Crippen LogP) is 5.22. The molecule has 0 unspecified atom stereocenters. The predicted molar refractivity (Wildman–Crippen MR) is 105 cm³/mol. The van der Waals surface area contributed by atoms with Crippen LogP contribution in [-0.2, 0) is 22.6 Å². The van der Waals surface area contributed by atoms with E-state index >= 15 is 0 Å². The Morgan fingerprint density at radius 3 is 2.62 bits per heavy atom. The molecule has 1 aromatic carbocycles. The van der Waals surface area contributed by atoms with Crippen molar-refractivity contribution in [1.82, 2.24) is 4.98 Å². The Balaban J connectivity index is 1.78. The average Bonchev–Trinajstić information content (AvgIpc) is 3.12. The van der Waals surface area contributed by atoms with E-state index in [-0.39, 0.29) is 21.3 Å². The fraction of sp³-hybridized carbons (Fsp3) is 0.167. The van der Waals surface area contributed by atoms with Crippen LogP contribution in [0.4, 0.5) is 18.9 Å². The first kappa shape index (κ1) is 21.4. The Labute approximate surface area is 174 Å². The Kier molecular flexibility index (Phi) is 6.06. The lowest BCUT2D eigenvalue weighted by atomic mass is 10.2. The second-order valence-electron chi connectivity index (χ2n) is 5.89. The maximum Gasteiger partial charge on any atom is 0.417 e. The summed E-state index contributed by atoms with van der Waals surface area (Å²) < 4.78 is 70.9. The summed E-state index contributed by atoms with van der Waals surface area (Å²) in [6.45, 7) is 0. The smallest absolute Gasteiger partial charge is 0.417 e. The lowest BCUT2D eigenvalue weighted by Crippen LogP contribution is -2.11. The molecule has 29 heavy (non-hydrogen) atoms. The molecule has 2 heterocycles. The van der Waals surface area contributed by atoms with Crippen molar-refractivity contribution < 1.29 is 26.3 Å². The molecule has 1 N–H and O–H groups in total. The molecule has 2 aromatic heterocycles. The van der Waals surface area contributed by atoms with E-state index in [1.165, 1.54) is 19.2 Å². The van der Waals surface area contributed by atoms with Gasteiger partial charge in [-0.2, -0.15) is 13.2 Å². The van der Waals surface area contributed by atoms with E-state index in [0.717, 1.165) is 17.4 Å². The molecule has 5 nitrogen and oxygen atoms in total. The number of sulfonamides is 1. The number of anilines is 1. The zero-order chi connectivity index (χ0) is 21.2. The van der Waals surface area contributed by atoms with E-state index in [2.05, 4.69) is 9.71 Å². The number of alkyl halides is 3. The lowest BCUT2D eigenvalue weighted by molar-refractivity contribution is -0.137. The Morgan fingerprint density at radius 1 is 1.21 bits per heavy atom. The van der Waals surface area contributed by atoms with Gasteiger partial charge in [0.1, 0.15) is 9.96 Å². The molecule has 0 amide bonds. The fourth-order valence-corrected chi connectivity index (χ4v) is 5.05. The normalized spacial score (nSPS) is 12.0. The van der Waals surface area contributed by atoms with Crippen LogP contribution in [-0.4, -0.2) is 20.5 Å². The third-order valence-electron chi connectivity index (χ3n) is 3.81. The monoisotopic (exact) mass is 462 g/mol. The first-order valence-corrected chi connectivity index (χ1v) is 10.7. The molecule has 11 heteroatoms. The van der Waals surface area contributed by atoms with E-state index in [1.54, 1.807) is 24.3 Å². The van der Waals surface area contributed by atoms with Gasteiger partial charge in [-0.05, 0) is 30.3 Å². The summed E-state index contributed by atoms with van der Waals surface area (Å²) in [5, 5.41) is -0.132. The number of pyridine rings is 1. The quantitative estimate of drug-likeness (QED) is 0.545. The Hall–Kier alpha value is -2.30. The molecule has 0 saturated heterocycles. The van der Waals surface area contributed by atoms with Gasteiger partial charge in [0.25, 0.3) is 10.0 Å². The minimum atomic E-state index is -4.54. The Morgan fingerprint density at radius 2 is 1.97 bits per heavy atom. The van der Waals surface area contributed by atoms with Crippen molar-refractivity contribution >= 4 is 38.6 Å². The summed E-state index contributed by atoms with van der Waals surface area (Å²) in [4.78, 5) is 4.36. The van der Waals surface area contributed by atoms with Crippen LogP contribution in [0.1, 0.15) is 16.1 Å². The SMILES string of the molecule is COc1cccc(NS(=O)(=O)c2ccc(Cc3ncc(C(F)(F)F)cc3Cl)s2)c1. The van der Waals surface area contributed by atoms with Crippen LogP contribution in [0.2, 0.25) is 5.02 Å². The van der Waals surface area contributed by atoms with Gasteiger partial charge in [-0.1, -0.05) is 17.7 Å². The van der Waals surface area contributed by atoms with Gasteiger partial charge in [0.2, 0.25) is 0 Å². The number of halogens is 4. The minimum absolute atomic E-state index is 0.0540. The molecular formula is C18H14ClF3N2O3S2. The molecule has 3 rings (SSSR count). The number of nitrogens with zero attached hydrogens (tertiary/aromatic N) is 1. The second kappa shape index (κ2) is 8.21. The van der Waals surface area contributed by atoms with Crippen LogP contribution in [0, 0.1) is 0 Å². The summed E-state index contributed by atoms with van der Waals surface area (Å²) in [5.41, 5.74) is -0.374. The minimum Gasteiger partial charge on any atom is -0.497 e. The van der Waals surface area contributed by atoms with Crippen LogP contribution in [0.15, 0.2) is 52.9 Å². The van der Waals surface area contributed by atoms with E-state index in [9.17, 15) is 21.6 Å². The molecule has 0 bridgehead atoms. The number of benzene rings is 1. The van der Waals surface area contributed by atoms with Gasteiger partial charge < -0.3 is 4.74 Å². The fourth-order valence-electron chi connectivity index (χ4n) is 2.41. The summed E-state index contributed by atoms with van der Waals surface area (Å²) in [6.07, 6.45) is -3.72. The van der Waals surface area contributed by atoms with E-state index in [1.807, 2.05) is 0 Å². The van der Waals surface area contributed by atoms with Crippen LogP contribution in [0.25, 0.3) is 0 Å². The van der Waals surface area contributed by atoms with Crippen LogP contribution in [0.5, 0.6) is 5.75 Å². The highest BCUT2D eigenvalue weighted by Gasteiger charge is 2.31. The van der Waals surface area contributed by atoms with Gasteiger partial charge in [0.05, 0.1) is 29.1 Å². The van der Waals surface area contributed by atoms with Gasteiger partial charge in [-0.3, -0.25) is 9.71 Å². The maximum atomic E-state index is 12.7. The number of rotatable bonds is 6. The molecule has 0 aliphatic rings. The highest BCUT2D eigenvalue weighted by molar-refractivity contribution is 7.94. The average molecular weight is 463 g/mol. The zero-order valence-corrected chi connectivity index (χ0v) is 17.2. The number of methoxy groups -OCH3 is 1. The number of nitrogens with one attached hydrogen (secondary N) is 1. The van der Waals surface area contributed by atoms with Crippen molar-refractivity contribution in [2.75, 3.05) is 11.8 Å². The molecular weight excluding hydrogens is 449 g/mol. The number of hydrogen-bond acceptors (Lipinski definition) is 5. The standard InChI is InChI=1S/C18H14ClF3N2O3S2/c1-27-13-4-2-3-12(8-13)24-29(25,26)17-6-5-14(28-17)9-16-15(19)7-11(10-23-16)18(20,21)22/h2-8,10,24H,9H2,1H3. The molecule has 3 aromatic rings. The molecule has 154 valence electrons. The van der Waals surface area contributed by atoms with Gasteiger partial charge in [0.15, 0.2) is 0 Å². The van der Waals surface area contributed by atoms with Crippen molar-refractivity contribution in [3.8, 4) is 5.75 Å². The van der Waals surface area contributed by atoms with E-state index < -0.39 is 21.8 Å². The molecule has 0 aliphatic carbocycles. The first-order chi connectivity index (χ1) is 13.6. The van der Waals surface area contributed by atoms with Crippen LogP contribution >= 0.6 is 22.9 Å². The second-order valence-corrected chi connectivity index (χ2v) is 9.37. The molecule has 0 aliphatic heterocycles. The summed E-state index contributed by atoms with van der Waals surface area (Å²) in [5.74, 6) is 0.500. The largest absolute Gasteiger partial charge is 0.497 e. The molecule has 0 fully saturated rings. The summed E-state index contributed by atoms with van der Waals surface area (Å²) >= 11 is 6.90. The third kappa shape index (κ3) is 5.20. The van der Waals surface area contributed by atoms with Crippen molar-refractivity contribution in [3.63, 3.8) is 0 Å². The Bertz CT molecular complexity index is 1130. The summed E-state index contributed by atoms with van der Waals surface area (Å²) in [7, 11) is -2.36. The molecule has 0 saturated carbocycles. The number of hydrogen-bond donors (Lipinski definition) is 1. The van der Waals surface area contributed by atoms with Crippen molar-refractivity contribution in [2.45, 2.75) is 16.8 Å². The lowest BCUT2D eigenvalue weighted by Gasteiger charge is -2.09. The van der Waals surface area contributed by atoms with Crippen molar-refractivity contribution in [1.29, 1.82) is 0 Å².